The zero-order valence-corrected chi connectivity index (χ0v) is 30.2. The van der Waals surface area contributed by atoms with E-state index in [2.05, 4.69) is 21.3 Å². The van der Waals surface area contributed by atoms with Gasteiger partial charge in [0.15, 0.2) is 5.78 Å². The number of hydrogen-bond acceptors (Lipinski definition) is 11. The molecule has 1 aromatic carbocycles. The predicted molar refractivity (Wildman–Crippen MR) is 192 cm³/mol. The van der Waals surface area contributed by atoms with E-state index in [4.69, 9.17) is 17.2 Å². The second-order valence-corrected chi connectivity index (χ2v) is 13.9. The molecule has 4 amide bonds. The highest BCUT2D eigenvalue weighted by molar-refractivity contribution is 5.98. The summed E-state index contributed by atoms with van der Waals surface area (Å²) < 4.78 is 0. The van der Waals surface area contributed by atoms with Crippen molar-refractivity contribution in [2.45, 2.75) is 121 Å². The Morgan fingerprint density at radius 1 is 0.865 bits per heavy atom. The van der Waals surface area contributed by atoms with Crippen molar-refractivity contribution >= 4 is 41.2 Å². The molecule has 1 fully saturated rings. The summed E-state index contributed by atoms with van der Waals surface area (Å²) in [6, 6.07) is -0.188. The Morgan fingerprint density at radius 2 is 1.42 bits per heavy atom. The van der Waals surface area contributed by atoms with Gasteiger partial charge in [0.2, 0.25) is 23.6 Å². The van der Waals surface area contributed by atoms with Gasteiger partial charge < -0.3 is 48.7 Å². The van der Waals surface area contributed by atoms with Crippen molar-refractivity contribution in [3.8, 4) is 5.75 Å². The molecule has 1 aliphatic heterocycles. The van der Waals surface area contributed by atoms with Crippen LogP contribution in [0.3, 0.4) is 0 Å². The van der Waals surface area contributed by atoms with Gasteiger partial charge in [0.05, 0.1) is 18.0 Å². The van der Waals surface area contributed by atoms with Crippen molar-refractivity contribution in [2.24, 2.45) is 29.0 Å². The molecule has 16 nitrogen and oxygen atoms in total. The molecular formula is C36H57N7O9. The normalized spacial score (nSPS) is 21.7. The van der Waals surface area contributed by atoms with Crippen LogP contribution < -0.4 is 38.5 Å². The average molecular weight is 732 g/mol. The van der Waals surface area contributed by atoms with Crippen LogP contribution in [0.4, 0.5) is 0 Å². The molecule has 1 heterocycles. The summed E-state index contributed by atoms with van der Waals surface area (Å²) in [7, 11) is 0. The maximum atomic E-state index is 13.9. The molecule has 290 valence electrons. The minimum Gasteiger partial charge on any atom is -0.508 e. The van der Waals surface area contributed by atoms with Crippen molar-refractivity contribution < 1.29 is 43.8 Å². The lowest BCUT2D eigenvalue weighted by atomic mass is 9.89. The number of benzene rings is 1. The Hall–Kier alpha value is -4.41. The van der Waals surface area contributed by atoms with Crippen molar-refractivity contribution in [2.75, 3.05) is 13.1 Å². The van der Waals surface area contributed by atoms with E-state index in [0.29, 0.717) is 44.3 Å². The molecule has 0 aliphatic carbocycles. The Bertz CT molecular complexity index is 1370. The number of carbonyl (C=O) groups excluding carboxylic acids is 6. The molecule has 1 aliphatic rings. The van der Waals surface area contributed by atoms with Gasteiger partial charge in [-0.3, -0.25) is 33.6 Å². The fourth-order valence-electron chi connectivity index (χ4n) is 5.94. The van der Waals surface area contributed by atoms with Gasteiger partial charge in [-0.2, -0.15) is 0 Å². The number of amides is 4. The van der Waals surface area contributed by atoms with Crippen LogP contribution in [0.2, 0.25) is 0 Å². The van der Waals surface area contributed by atoms with Gasteiger partial charge in [-0.25, -0.2) is 0 Å². The Balaban J connectivity index is 2.46. The van der Waals surface area contributed by atoms with Gasteiger partial charge in [0.25, 0.3) is 0 Å². The molecule has 0 saturated carbocycles. The highest BCUT2D eigenvalue weighted by Crippen LogP contribution is 2.19. The molecule has 0 radical (unpaired) electrons. The SMILES string of the molecule is CC(C)C[C@H](CC(=O)[C@H](Cc1ccc(O)cc1)NC(=O)[C@@H]1CC(=O)CC[C@H](N)C(=O)N[C@@H](CCCCN)C(=O)N[C@@H](CCCCN)C(=O)N1)C(=O)O. The third-order valence-corrected chi connectivity index (χ3v) is 8.93. The number of hydrogen-bond donors (Lipinski definition) is 9. The molecule has 52 heavy (non-hydrogen) atoms. The largest absolute Gasteiger partial charge is 0.508 e. The van der Waals surface area contributed by atoms with Gasteiger partial charge in [0.1, 0.15) is 29.7 Å². The molecular weight excluding hydrogens is 674 g/mol. The van der Waals surface area contributed by atoms with Crippen LogP contribution in [0.5, 0.6) is 5.75 Å². The third kappa shape index (κ3) is 15.5. The van der Waals surface area contributed by atoms with E-state index in [9.17, 15) is 43.8 Å². The number of nitrogens with two attached hydrogens (primary N) is 3. The first-order valence-corrected chi connectivity index (χ1v) is 18.1. The number of carbonyl (C=O) groups is 7. The van der Waals surface area contributed by atoms with E-state index < -0.39 is 83.7 Å². The Morgan fingerprint density at radius 3 is 1.96 bits per heavy atom. The predicted octanol–water partition coefficient (Wildman–Crippen LogP) is -0.0817. The Labute approximate surface area is 304 Å². The lowest BCUT2D eigenvalue weighted by Gasteiger charge is -2.28. The minimum atomic E-state index is -1.50. The summed E-state index contributed by atoms with van der Waals surface area (Å²) in [6.45, 7) is 4.36. The van der Waals surface area contributed by atoms with Crippen LogP contribution in [-0.4, -0.2) is 94.7 Å². The first-order valence-electron chi connectivity index (χ1n) is 18.1. The highest BCUT2D eigenvalue weighted by Gasteiger charge is 2.34. The maximum absolute atomic E-state index is 13.9. The van der Waals surface area contributed by atoms with E-state index in [1.54, 1.807) is 12.1 Å². The first kappa shape index (κ1) is 43.8. The van der Waals surface area contributed by atoms with Crippen LogP contribution in [-0.2, 0) is 40.0 Å². The van der Waals surface area contributed by atoms with Gasteiger partial charge >= 0.3 is 5.97 Å². The summed E-state index contributed by atoms with van der Waals surface area (Å²) in [5, 5.41) is 30.1. The number of carboxylic acids is 1. The summed E-state index contributed by atoms with van der Waals surface area (Å²) in [5.74, 6) is -6.20. The lowest BCUT2D eigenvalue weighted by Crippen LogP contribution is -2.59. The molecule has 16 heteroatoms. The molecule has 0 unspecified atom stereocenters. The molecule has 0 spiro atoms. The number of ketones is 2. The van der Waals surface area contributed by atoms with Crippen LogP contribution in [0.15, 0.2) is 24.3 Å². The number of nitrogens with one attached hydrogen (secondary N) is 4. The lowest BCUT2D eigenvalue weighted by molar-refractivity contribution is -0.144. The van der Waals surface area contributed by atoms with Crippen molar-refractivity contribution in [1.29, 1.82) is 0 Å². The van der Waals surface area contributed by atoms with E-state index in [0.717, 1.165) is 0 Å². The van der Waals surface area contributed by atoms with E-state index in [1.165, 1.54) is 12.1 Å². The number of aromatic hydroxyl groups is 1. The van der Waals surface area contributed by atoms with Gasteiger partial charge in [-0.1, -0.05) is 26.0 Å². The van der Waals surface area contributed by atoms with Crippen LogP contribution >= 0.6 is 0 Å². The van der Waals surface area contributed by atoms with Crippen molar-refractivity contribution in [1.82, 2.24) is 21.3 Å². The number of carboxylic acid groups (broad SMARTS) is 1. The van der Waals surface area contributed by atoms with Crippen LogP contribution in [0.25, 0.3) is 0 Å². The van der Waals surface area contributed by atoms with Crippen LogP contribution in [0, 0.1) is 11.8 Å². The average Bonchev–Trinajstić information content (AvgIpc) is 3.08. The second-order valence-electron chi connectivity index (χ2n) is 13.9. The van der Waals surface area contributed by atoms with E-state index in [-0.39, 0.29) is 56.6 Å². The van der Waals surface area contributed by atoms with Crippen molar-refractivity contribution in [3.05, 3.63) is 29.8 Å². The summed E-state index contributed by atoms with van der Waals surface area (Å²) >= 11 is 0. The third-order valence-electron chi connectivity index (χ3n) is 8.93. The number of rotatable bonds is 18. The molecule has 6 atom stereocenters. The standard InChI is InChI=1S/C36H57N7O9/c1-21(2)17-23(36(51)52)19-31(46)29(18-22-9-11-24(44)12-10-22)42-35(50)30-20-25(45)13-14-26(39)32(47)40-27(7-3-5-15-37)33(48)41-28(34(49)43-30)8-4-6-16-38/h9-12,21,23,26-30,44H,3-8,13-20,37-39H2,1-2H3,(H,40,47)(H,41,48)(H,42,50)(H,43,49)(H,51,52)/t23-,26+,27+,28+,29+,30+/m1/s1. The molecule has 0 aromatic heterocycles. The van der Waals surface area contributed by atoms with Crippen LogP contribution in [0.1, 0.15) is 90.0 Å². The maximum Gasteiger partial charge on any atom is 0.306 e. The monoisotopic (exact) mass is 731 g/mol. The van der Waals surface area contributed by atoms with E-state index in [1.807, 2.05) is 13.8 Å². The minimum absolute atomic E-state index is 0.0216. The second kappa shape index (κ2) is 22.5. The number of phenolic OH excluding ortho intramolecular Hbond substituents is 1. The molecule has 2 rings (SSSR count). The first-order chi connectivity index (χ1) is 24.6. The Kier molecular flexibility index (Phi) is 18.9. The molecule has 1 saturated heterocycles. The van der Waals surface area contributed by atoms with E-state index >= 15 is 0 Å². The number of phenols is 1. The number of Topliss-reactive ketones (excluding diaryl/α,β-unsaturated/α-hetero) is 2. The number of unbranched alkanes of at least 4 members (excludes halogenated alkanes) is 2. The molecule has 12 N–H and O–H groups in total. The summed E-state index contributed by atoms with van der Waals surface area (Å²) in [5.41, 5.74) is 17.9. The topological polar surface area (TPSA) is 286 Å². The van der Waals surface area contributed by atoms with Gasteiger partial charge in [-0.05, 0) is 94.5 Å². The van der Waals surface area contributed by atoms with Gasteiger partial charge in [0, 0.05) is 19.3 Å². The summed E-state index contributed by atoms with van der Waals surface area (Å²) in [6.07, 6.45) is 1.35. The fourth-order valence-corrected chi connectivity index (χ4v) is 5.94. The molecule has 0 bridgehead atoms. The zero-order chi connectivity index (χ0) is 38.8. The number of aliphatic carboxylic acids is 1. The van der Waals surface area contributed by atoms with Crippen molar-refractivity contribution in [3.63, 3.8) is 0 Å². The zero-order valence-electron chi connectivity index (χ0n) is 30.2. The van der Waals surface area contributed by atoms with Gasteiger partial charge in [-0.15, -0.1) is 0 Å². The fraction of sp³-hybridized carbons (Fsp3) is 0.639. The highest BCUT2D eigenvalue weighted by atomic mass is 16.4. The quantitative estimate of drug-likeness (QED) is 0.0897. The summed E-state index contributed by atoms with van der Waals surface area (Å²) in [4.78, 5) is 93.0. The molecule has 1 aromatic rings. The smallest absolute Gasteiger partial charge is 0.306 e.